The second-order valence-corrected chi connectivity index (χ2v) is 5.23. The van der Waals surface area contributed by atoms with Gasteiger partial charge in [-0.1, -0.05) is 12.1 Å². The minimum Gasteiger partial charge on any atom is -0.389 e. The summed E-state index contributed by atoms with van der Waals surface area (Å²) >= 11 is 0. The van der Waals surface area contributed by atoms with Crippen molar-refractivity contribution < 1.29 is 19.2 Å². The summed E-state index contributed by atoms with van der Waals surface area (Å²) in [7, 11) is 3.20. The molecule has 1 N–H and O–H groups in total. The number of aliphatic hydroxyl groups is 1. The van der Waals surface area contributed by atoms with E-state index < -0.39 is 6.10 Å². The molecule has 1 aromatic rings. The first kappa shape index (κ1) is 16.7. The normalized spacial score (nSPS) is 14.1. The second-order valence-electron chi connectivity index (χ2n) is 5.23. The van der Waals surface area contributed by atoms with E-state index in [9.17, 15) is 9.90 Å². The van der Waals surface area contributed by atoms with E-state index in [-0.39, 0.29) is 25.0 Å². The van der Waals surface area contributed by atoms with E-state index >= 15 is 0 Å². The van der Waals surface area contributed by atoms with E-state index in [1.165, 1.54) is 12.0 Å². The predicted molar refractivity (Wildman–Crippen MR) is 74.5 cm³/mol. The lowest BCUT2D eigenvalue weighted by molar-refractivity contribution is -0.131. The highest BCUT2D eigenvalue weighted by Crippen LogP contribution is 2.26. The average Bonchev–Trinajstić information content (AvgIpc) is 2.69. The van der Waals surface area contributed by atoms with Crippen molar-refractivity contribution in [3.05, 3.63) is 17.0 Å². The number of ether oxygens (including phenoxy) is 1. The highest BCUT2D eigenvalue weighted by atomic mass is 16.5. The van der Waals surface area contributed by atoms with Gasteiger partial charge in [0, 0.05) is 32.7 Å². The number of amides is 1. The molecule has 2 unspecified atom stereocenters. The molecular weight excluding hydrogens is 260 g/mol. The number of nitrogens with zero attached hydrogens (tertiary/aromatic N) is 2. The predicted octanol–water partition coefficient (Wildman–Crippen LogP) is 1.25. The number of aromatic nitrogens is 1. The Morgan fingerprint density at radius 3 is 2.65 bits per heavy atom. The Balaban J connectivity index is 2.57. The number of methoxy groups -OCH3 is 1. The SMILES string of the molecule is COCC(O)CN(C)C(=O)CC(C)c1c(C)noc1C. The number of aryl methyl sites for hydroxylation is 2. The average molecular weight is 284 g/mol. The van der Waals surface area contributed by atoms with Crippen LogP contribution in [0, 0.1) is 13.8 Å². The minimum absolute atomic E-state index is 0.0207. The number of carbonyl (C=O) groups excluding carboxylic acids is 1. The zero-order chi connectivity index (χ0) is 15.3. The van der Waals surface area contributed by atoms with Crippen LogP contribution in [0.25, 0.3) is 0 Å². The lowest BCUT2D eigenvalue weighted by Crippen LogP contribution is -2.36. The van der Waals surface area contributed by atoms with Gasteiger partial charge in [0.15, 0.2) is 0 Å². The molecule has 20 heavy (non-hydrogen) atoms. The molecule has 1 amide bonds. The lowest BCUT2D eigenvalue weighted by atomic mass is 9.95. The first-order valence-electron chi connectivity index (χ1n) is 6.70. The number of hydrogen-bond acceptors (Lipinski definition) is 5. The number of aliphatic hydroxyl groups excluding tert-OH is 1. The van der Waals surface area contributed by atoms with Crippen molar-refractivity contribution in [1.29, 1.82) is 0 Å². The monoisotopic (exact) mass is 284 g/mol. The molecule has 2 atom stereocenters. The summed E-state index contributed by atoms with van der Waals surface area (Å²) in [6.45, 7) is 6.18. The third-order valence-electron chi connectivity index (χ3n) is 3.33. The molecule has 1 rings (SSSR count). The van der Waals surface area contributed by atoms with Gasteiger partial charge in [-0.3, -0.25) is 4.79 Å². The Bertz CT molecular complexity index is 425. The van der Waals surface area contributed by atoms with Crippen LogP contribution in [0.15, 0.2) is 4.52 Å². The molecule has 0 fully saturated rings. The van der Waals surface area contributed by atoms with E-state index in [0.29, 0.717) is 6.42 Å². The Kier molecular flexibility index (Phi) is 6.16. The van der Waals surface area contributed by atoms with Crippen LogP contribution in [0.3, 0.4) is 0 Å². The molecule has 0 aliphatic carbocycles. The van der Waals surface area contributed by atoms with Crippen LogP contribution in [-0.2, 0) is 9.53 Å². The fourth-order valence-electron chi connectivity index (χ4n) is 2.38. The lowest BCUT2D eigenvalue weighted by Gasteiger charge is -2.22. The molecular formula is C14H24N2O4. The maximum Gasteiger partial charge on any atom is 0.223 e. The highest BCUT2D eigenvalue weighted by Gasteiger charge is 2.21. The Morgan fingerprint density at radius 1 is 1.50 bits per heavy atom. The van der Waals surface area contributed by atoms with Crippen molar-refractivity contribution in [3.63, 3.8) is 0 Å². The molecule has 6 nitrogen and oxygen atoms in total. The Hall–Kier alpha value is -1.40. The molecule has 114 valence electrons. The zero-order valence-corrected chi connectivity index (χ0v) is 12.8. The van der Waals surface area contributed by atoms with E-state index in [2.05, 4.69) is 5.16 Å². The quantitative estimate of drug-likeness (QED) is 0.815. The van der Waals surface area contributed by atoms with Gasteiger partial charge >= 0.3 is 0 Å². The van der Waals surface area contributed by atoms with E-state index in [0.717, 1.165) is 17.0 Å². The molecule has 1 heterocycles. The fraction of sp³-hybridized carbons (Fsp3) is 0.714. The minimum atomic E-state index is -0.664. The molecule has 0 saturated carbocycles. The molecule has 0 bridgehead atoms. The van der Waals surface area contributed by atoms with Crippen molar-refractivity contribution in [2.75, 3.05) is 27.3 Å². The van der Waals surface area contributed by atoms with Gasteiger partial charge in [-0.05, 0) is 19.8 Å². The summed E-state index contributed by atoms with van der Waals surface area (Å²) in [4.78, 5) is 13.7. The van der Waals surface area contributed by atoms with Crippen LogP contribution in [0.2, 0.25) is 0 Å². The molecule has 0 aliphatic rings. The van der Waals surface area contributed by atoms with Crippen LogP contribution < -0.4 is 0 Å². The maximum absolute atomic E-state index is 12.1. The van der Waals surface area contributed by atoms with E-state index in [1.807, 2.05) is 20.8 Å². The molecule has 0 radical (unpaired) electrons. The molecule has 0 saturated heterocycles. The van der Waals surface area contributed by atoms with Crippen LogP contribution in [0.5, 0.6) is 0 Å². The maximum atomic E-state index is 12.1. The van der Waals surface area contributed by atoms with Crippen molar-refractivity contribution in [2.45, 2.75) is 39.2 Å². The molecule has 0 aliphatic heterocycles. The number of hydrogen-bond donors (Lipinski definition) is 1. The number of carbonyl (C=O) groups is 1. The summed E-state index contributed by atoms with van der Waals surface area (Å²) in [5.41, 5.74) is 1.81. The van der Waals surface area contributed by atoms with E-state index in [1.54, 1.807) is 7.05 Å². The standard InChI is InChI=1S/C14H24N2O4/c1-9(14-10(2)15-20-11(14)3)6-13(18)16(4)7-12(17)8-19-5/h9,12,17H,6-8H2,1-5H3. The first-order chi connectivity index (χ1) is 9.36. The Morgan fingerprint density at radius 2 is 2.15 bits per heavy atom. The third-order valence-corrected chi connectivity index (χ3v) is 3.33. The van der Waals surface area contributed by atoms with Crippen LogP contribution in [0.4, 0.5) is 0 Å². The zero-order valence-electron chi connectivity index (χ0n) is 12.8. The van der Waals surface area contributed by atoms with Crippen molar-refractivity contribution in [2.24, 2.45) is 0 Å². The van der Waals surface area contributed by atoms with Crippen LogP contribution in [0.1, 0.15) is 36.3 Å². The first-order valence-corrected chi connectivity index (χ1v) is 6.70. The van der Waals surface area contributed by atoms with Gasteiger partial charge in [0.1, 0.15) is 5.76 Å². The Labute approximate surface area is 119 Å². The van der Waals surface area contributed by atoms with Gasteiger partial charge in [-0.2, -0.15) is 0 Å². The second kappa shape index (κ2) is 7.40. The van der Waals surface area contributed by atoms with Gasteiger partial charge in [-0.25, -0.2) is 0 Å². The molecule has 0 aromatic carbocycles. The molecule has 0 spiro atoms. The van der Waals surface area contributed by atoms with Gasteiger partial charge < -0.3 is 19.3 Å². The fourth-order valence-corrected chi connectivity index (χ4v) is 2.38. The number of rotatable bonds is 7. The van der Waals surface area contributed by atoms with Gasteiger partial charge in [-0.15, -0.1) is 0 Å². The van der Waals surface area contributed by atoms with Gasteiger partial charge in [0.05, 0.1) is 18.4 Å². The third kappa shape index (κ3) is 4.31. The van der Waals surface area contributed by atoms with Crippen LogP contribution >= 0.6 is 0 Å². The summed E-state index contributed by atoms with van der Waals surface area (Å²) in [5, 5.41) is 13.5. The molecule has 6 heteroatoms. The summed E-state index contributed by atoms with van der Waals surface area (Å²) in [6.07, 6.45) is -0.303. The largest absolute Gasteiger partial charge is 0.389 e. The van der Waals surface area contributed by atoms with Crippen molar-refractivity contribution in [1.82, 2.24) is 10.1 Å². The van der Waals surface area contributed by atoms with Crippen LogP contribution in [-0.4, -0.2) is 54.5 Å². The van der Waals surface area contributed by atoms with E-state index in [4.69, 9.17) is 9.26 Å². The van der Waals surface area contributed by atoms with Crippen molar-refractivity contribution >= 4 is 5.91 Å². The topological polar surface area (TPSA) is 75.8 Å². The smallest absolute Gasteiger partial charge is 0.223 e. The summed E-state index contributed by atoms with van der Waals surface area (Å²) < 4.78 is 9.97. The number of likely N-dealkylation sites (N-methyl/N-ethyl adjacent to an activating group) is 1. The van der Waals surface area contributed by atoms with Crippen molar-refractivity contribution in [3.8, 4) is 0 Å². The highest BCUT2D eigenvalue weighted by molar-refractivity contribution is 5.76. The summed E-state index contributed by atoms with van der Waals surface area (Å²) in [5.74, 6) is 0.772. The summed E-state index contributed by atoms with van der Waals surface area (Å²) in [6, 6.07) is 0. The molecule has 1 aromatic heterocycles. The van der Waals surface area contributed by atoms with Gasteiger partial charge in [0.2, 0.25) is 5.91 Å². The van der Waals surface area contributed by atoms with Gasteiger partial charge in [0.25, 0.3) is 0 Å².